The Morgan fingerprint density at radius 3 is 2.72 bits per heavy atom. The van der Waals surface area contributed by atoms with Crippen LogP contribution in [0.1, 0.15) is 30.2 Å². The number of ether oxygens (including phenoxy) is 1. The van der Waals surface area contributed by atoms with Gasteiger partial charge in [0.15, 0.2) is 0 Å². The Balaban J connectivity index is 3.19. The van der Waals surface area contributed by atoms with E-state index >= 15 is 0 Å². The third kappa shape index (κ3) is 3.46. The zero-order valence-corrected chi connectivity index (χ0v) is 11.3. The summed E-state index contributed by atoms with van der Waals surface area (Å²) in [5.41, 5.74) is 5.68. The van der Waals surface area contributed by atoms with Crippen molar-refractivity contribution in [3.63, 3.8) is 0 Å². The minimum absolute atomic E-state index is 0.0392. The number of aromatic nitrogens is 1. The number of rotatable bonds is 5. The first-order valence-electron chi connectivity index (χ1n) is 5.31. The van der Waals surface area contributed by atoms with Crippen LogP contribution in [0.5, 0.6) is 0 Å². The molecule has 0 amide bonds. The summed E-state index contributed by atoms with van der Waals surface area (Å²) in [6, 6.07) is 0. The topological polar surface area (TPSA) is 65.2 Å². The fourth-order valence-electron chi connectivity index (χ4n) is 1.54. The lowest BCUT2D eigenvalue weighted by molar-refractivity contribution is -0.142. The lowest BCUT2D eigenvalue weighted by atomic mass is 10.0. The van der Waals surface area contributed by atoms with Crippen LogP contribution < -0.4 is 5.73 Å². The second-order valence-electron chi connectivity index (χ2n) is 3.44. The molecule has 0 saturated heterocycles. The van der Waals surface area contributed by atoms with Crippen LogP contribution in [0.4, 0.5) is 8.78 Å². The molecule has 0 unspecified atom stereocenters. The summed E-state index contributed by atoms with van der Waals surface area (Å²) in [6.07, 6.45) is -1.75. The van der Waals surface area contributed by atoms with Crippen LogP contribution in [0, 0.1) is 0 Å². The maximum Gasteiger partial charge on any atom is 0.310 e. The van der Waals surface area contributed by atoms with E-state index in [1.165, 1.54) is 6.20 Å². The summed E-state index contributed by atoms with van der Waals surface area (Å²) in [6.45, 7) is 1.88. The maximum atomic E-state index is 12.8. The summed E-state index contributed by atoms with van der Waals surface area (Å²) >= 11 is 3.18. The molecule has 0 radical (unpaired) electrons. The second-order valence-corrected chi connectivity index (χ2v) is 4.29. The predicted octanol–water partition coefficient (Wildman–Crippen LogP) is 2.35. The van der Waals surface area contributed by atoms with Crippen LogP contribution in [-0.4, -0.2) is 17.6 Å². The second kappa shape index (κ2) is 6.75. The monoisotopic (exact) mass is 322 g/mol. The number of halogens is 3. The first-order chi connectivity index (χ1) is 8.51. The molecular weight excluding hydrogens is 310 g/mol. The quantitative estimate of drug-likeness (QED) is 0.845. The first-order valence-corrected chi connectivity index (χ1v) is 6.10. The van der Waals surface area contributed by atoms with Crippen molar-refractivity contribution in [1.82, 2.24) is 4.98 Å². The highest BCUT2D eigenvalue weighted by Crippen LogP contribution is 2.28. The smallest absolute Gasteiger partial charge is 0.310 e. The number of pyridine rings is 1. The van der Waals surface area contributed by atoms with Gasteiger partial charge in [-0.15, -0.1) is 0 Å². The highest BCUT2D eigenvalue weighted by Gasteiger charge is 2.22. The molecule has 0 spiro atoms. The number of hydrogen-bond donors (Lipinski definition) is 1. The van der Waals surface area contributed by atoms with E-state index in [2.05, 4.69) is 20.9 Å². The number of nitrogens with zero attached hydrogens (tertiary/aromatic N) is 1. The predicted molar refractivity (Wildman–Crippen MR) is 65.1 cm³/mol. The molecule has 0 aliphatic heterocycles. The van der Waals surface area contributed by atoms with Gasteiger partial charge in [-0.25, -0.2) is 8.78 Å². The van der Waals surface area contributed by atoms with Crippen molar-refractivity contribution >= 4 is 21.9 Å². The molecule has 0 aliphatic carbocycles. The number of carbonyl (C=O) groups excluding carboxylic acids is 1. The van der Waals surface area contributed by atoms with Gasteiger partial charge in [-0.05, 0) is 34.0 Å². The van der Waals surface area contributed by atoms with E-state index in [1.807, 2.05) is 0 Å². The number of alkyl halides is 2. The lowest BCUT2D eigenvalue weighted by Gasteiger charge is -2.13. The molecule has 18 heavy (non-hydrogen) atoms. The zero-order valence-electron chi connectivity index (χ0n) is 9.75. The van der Waals surface area contributed by atoms with E-state index in [0.717, 1.165) is 0 Å². The Morgan fingerprint density at radius 1 is 1.56 bits per heavy atom. The van der Waals surface area contributed by atoms with Gasteiger partial charge >= 0.3 is 5.97 Å². The molecule has 100 valence electrons. The van der Waals surface area contributed by atoms with Crippen molar-refractivity contribution in [1.29, 1.82) is 0 Å². The fourth-order valence-corrected chi connectivity index (χ4v) is 2.05. The number of esters is 1. The summed E-state index contributed by atoms with van der Waals surface area (Å²) in [5.74, 6) is -0.575. The first kappa shape index (κ1) is 15.0. The fraction of sp³-hybridized carbons (Fsp3) is 0.455. The highest BCUT2D eigenvalue weighted by molar-refractivity contribution is 9.10. The Bertz CT molecular complexity index is 441. The van der Waals surface area contributed by atoms with E-state index in [-0.39, 0.29) is 25.1 Å². The number of carbonyl (C=O) groups is 1. The molecule has 1 rings (SSSR count). The van der Waals surface area contributed by atoms with E-state index in [0.29, 0.717) is 10.0 Å². The Labute approximate surface area is 112 Å². The summed E-state index contributed by atoms with van der Waals surface area (Å²) in [5, 5.41) is 0. The molecular formula is C11H13BrF2N2O2. The molecule has 0 saturated carbocycles. The third-order valence-electron chi connectivity index (χ3n) is 2.32. The van der Waals surface area contributed by atoms with Gasteiger partial charge in [0.05, 0.1) is 13.0 Å². The van der Waals surface area contributed by atoms with Crippen molar-refractivity contribution in [2.45, 2.75) is 26.3 Å². The molecule has 0 aliphatic rings. The average molecular weight is 323 g/mol. The minimum Gasteiger partial charge on any atom is -0.466 e. The average Bonchev–Trinajstić information content (AvgIpc) is 2.29. The summed E-state index contributed by atoms with van der Waals surface area (Å²) in [7, 11) is 0. The van der Waals surface area contributed by atoms with Crippen LogP contribution in [0.25, 0.3) is 0 Å². The van der Waals surface area contributed by atoms with Gasteiger partial charge in [0.2, 0.25) is 0 Å². The van der Waals surface area contributed by atoms with E-state index in [9.17, 15) is 13.6 Å². The SMILES string of the molecule is CCOC(=O)Cc1c(C(F)F)ncc(Br)c1CN. The van der Waals surface area contributed by atoms with Gasteiger partial charge < -0.3 is 10.5 Å². The molecule has 7 heteroatoms. The van der Waals surface area contributed by atoms with Gasteiger partial charge in [-0.3, -0.25) is 9.78 Å². The summed E-state index contributed by atoms with van der Waals surface area (Å²) in [4.78, 5) is 15.1. The molecule has 4 nitrogen and oxygen atoms in total. The Kier molecular flexibility index (Phi) is 5.61. The molecule has 0 atom stereocenters. The minimum atomic E-state index is -2.76. The largest absolute Gasteiger partial charge is 0.466 e. The molecule has 0 fully saturated rings. The van der Waals surface area contributed by atoms with Gasteiger partial charge in [0.1, 0.15) is 5.69 Å². The van der Waals surface area contributed by atoms with E-state index < -0.39 is 18.1 Å². The van der Waals surface area contributed by atoms with Crippen LogP contribution >= 0.6 is 15.9 Å². The van der Waals surface area contributed by atoms with Crippen LogP contribution in [0.2, 0.25) is 0 Å². The molecule has 0 aromatic carbocycles. The van der Waals surface area contributed by atoms with Crippen LogP contribution in [-0.2, 0) is 22.5 Å². The van der Waals surface area contributed by atoms with Crippen molar-refractivity contribution < 1.29 is 18.3 Å². The van der Waals surface area contributed by atoms with Crippen molar-refractivity contribution in [3.8, 4) is 0 Å². The van der Waals surface area contributed by atoms with Gasteiger partial charge in [-0.1, -0.05) is 0 Å². The van der Waals surface area contributed by atoms with Crippen molar-refractivity contribution in [2.75, 3.05) is 6.61 Å². The zero-order chi connectivity index (χ0) is 13.7. The normalized spacial score (nSPS) is 10.8. The van der Waals surface area contributed by atoms with Gasteiger partial charge in [0, 0.05) is 17.2 Å². The van der Waals surface area contributed by atoms with Crippen LogP contribution in [0.15, 0.2) is 10.7 Å². The lowest BCUT2D eigenvalue weighted by Crippen LogP contribution is -2.15. The molecule has 0 bridgehead atoms. The highest BCUT2D eigenvalue weighted by atomic mass is 79.9. The van der Waals surface area contributed by atoms with Crippen molar-refractivity contribution in [2.24, 2.45) is 5.73 Å². The summed E-state index contributed by atoms with van der Waals surface area (Å²) < 4.78 is 30.9. The van der Waals surface area contributed by atoms with Gasteiger partial charge in [0.25, 0.3) is 6.43 Å². The standard InChI is InChI=1S/C11H13BrF2N2O2/c1-2-18-9(17)3-6-7(4-15)8(12)5-16-10(6)11(13)14/h5,11H,2-4,15H2,1H3. The molecule has 1 heterocycles. The van der Waals surface area contributed by atoms with Gasteiger partial charge in [-0.2, -0.15) is 0 Å². The Hall–Kier alpha value is -1.08. The Morgan fingerprint density at radius 2 is 2.22 bits per heavy atom. The van der Waals surface area contributed by atoms with Crippen LogP contribution in [0.3, 0.4) is 0 Å². The molecule has 1 aromatic heterocycles. The third-order valence-corrected chi connectivity index (χ3v) is 3.00. The molecule has 1 aromatic rings. The molecule has 2 N–H and O–H groups in total. The maximum absolute atomic E-state index is 12.8. The number of nitrogens with two attached hydrogens (primary N) is 1. The van der Waals surface area contributed by atoms with E-state index in [4.69, 9.17) is 10.5 Å². The van der Waals surface area contributed by atoms with E-state index in [1.54, 1.807) is 6.92 Å². The van der Waals surface area contributed by atoms with Crippen molar-refractivity contribution in [3.05, 3.63) is 27.5 Å². The number of hydrogen-bond acceptors (Lipinski definition) is 4.